The Morgan fingerprint density at radius 2 is 2.35 bits per heavy atom. The zero-order valence-corrected chi connectivity index (χ0v) is 12.8. The van der Waals surface area contributed by atoms with Crippen molar-refractivity contribution in [3.63, 3.8) is 0 Å². The van der Waals surface area contributed by atoms with Gasteiger partial charge in [0.15, 0.2) is 0 Å². The highest BCUT2D eigenvalue weighted by Gasteiger charge is 2.33. The number of likely N-dealkylation sites (tertiary alicyclic amines) is 1. The van der Waals surface area contributed by atoms with Gasteiger partial charge in [-0.25, -0.2) is 4.98 Å². The molecule has 1 saturated heterocycles. The second-order valence-electron chi connectivity index (χ2n) is 5.28. The molecule has 1 N–H and O–H groups in total. The number of hydrogen-bond donors (Lipinski definition) is 1. The molecule has 0 bridgehead atoms. The lowest BCUT2D eigenvalue weighted by atomic mass is 9.94. The Labute approximate surface area is 124 Å². The first-order valence-corrected chi connectivity index (χ1v) is 7.04. The second-order valence-corrected chi connectivity index (χ2v) is 5.69. The van der Waals surface area contributed by atoms with Gasteiger partial charge in [0.05, 0.1) is 16.2 Å². The molecular formula is C14H20ClN3O2. The average molecular weight is 298 g/mol. The predicted molar refractivity (Wildman–Crippen MR) is 79.3 cm³/mol. The van der Waals surface area contributed by atoms with E-state index in [0.717, 1.165) is 19.4 Å². The highest BCUT2D eigenvalue weighted by atomic mass is 35.5. The number of ether oxygens (including phenoxy) is 1. The lowest BCUT2D eigenvalue weighted by Crippen LogP contribution is -2.49. The maximum absolute atomic E-state index is 12.6. The van der Waals surface area contributed by atoms with Crippen molar-refractivity contribution in [3.8, 4) is 0 Å². The molecule has 1 unspecified atom stereocenters. The van der Waals surface area contributed by atoms with E-state index in [9.17, 15) is 4.79 Å². The lowest BCUT2D eigenvalue weighted by Gasteiger charge is -2.39. The number of nitrogens with one attached hydrogen (secondary N) is 1. The van der Waals surface area contributed by atoms with Crippen molar-refractivity contribution in [2.45, 2.75) is 25.4 Å². The normalized spacial score (nSPS) is 22.7. The molecule has 0 aromatic carbocycles. The van der Waals surface area contributed by atoms with Gasteiger partial charge in [0.2, 0.25) is 0 Å². The molecule has 110 valence electrons. The topological polar surface area (TPSA) is 54.5 Å². The summed E-state index contributed by atoms with van der Waals surface area (Å²) in [6, 6.07) is 1.68. The van der Waals surface area contributed by atoms with Crippen LogP contribution in [0.3, 0.4) is 0 Å². The molecule has 0 radical (unpaired) electrons. The maximum atomic E-state index is 12.6. The van der Waals surface area contributed by atoms with E-state index in [0.29, 0.717) is 22.9 Å². The number of carbonyl (C=O) groups excluding carboxylic acids is 1. The first kappa shape index (κ1) is 15.1. The van der Waals surface area contributed by atoms with Gasteiger partial charge in [-0.1, -0.05) is 11.6 Å². The highest BCUT2D eigenvalue weighted by molar-refractivity contribution is 6.33. The van der Waals surface area contributed by atoms with Crippen molar-refractivity contribution in [1.82, 2.24) is 9.88 Å². The fraction of sp³-hybridized carbons (Fsp3) is 0.571. The summed E-state index contributed by atoms with van der Waals surface area (Å²) in [7, 11) is 3.44. The van der Waals surface area contributed by atoms with Crippen LogP contribution in [0.15, 0.2) is 12.3 Å². The summed E-state index contributed by atoms with van der Waals surface area (Å²) in [4.78, 5) is 18.5. The summed E-state index contributed by atoms with van der Waals surface area (Å²) in [5, 5.41) is 3.29. The van der Waals surface area contributed by atoms with Gasteiger partial charge < -0.3 is 15.0 Å². The van der Waals surface area contributed by atoms with Gasteiger partial charge in [-0.05, 0) is 25.8 Å². The van der Waals surface area contributed by atoms with Crippen LogP contribution in [0.25, 0.3) is 0 Å². The van der Waals surface area contributed by atoms with E-state index in [2.05, 4.69) is 10.3 Å². The molecule has 0 aliphatic carbocycles. The molecule has 1 aromatic rings. The molecule has 2 rings (SSSR count). The van der Waals surface area contributed by atoms with Crippen molar-refractivity contribution in [1.29, 1.82) is 0 Å². The summed E-state index contributed by atoms with van der Waals surface area (Å²) >= 11 is 6.10. The molecule has 5 nitrogen and oxygen atoms in total. The van der Waals surface area contributed by atoms with Crippen molar-refractivity contribution >= 4 is 23.3 Å². The summed E-state index contributed by atoms with van der Waals surface area (Å²) < 4.78 is 5.52. The SMILES string of the molecule is CNc1cc(C(=O)N2CCCC(C)(OC)C2)c(Cl)cn1. The third-order valence-corrected chi connectivity index (χ3v) is 4.08. The van der Waals surface area contributed by atoms with E-state index in [1.165, 1.54) is 6.20 Å². The lowest BCUT2D eigenvalue weighted by molar-refractivity contribution is -0.0440. The summed E-state index contributed by atoms with van der Waals surface area (Å²) in [6.07, 6.45) is 3.39. The second kappa shape index (κ2) is 5.97. The minimum Gasteiger partial charge on any atom is -0.377 e. The van der Waals surface area contributed by atoms with Gasteiger partial charge in [-0.2, -0.15) is 0 Å². The first-order valence-electron chi connectivity index (χ1n) is 6.67. The number of carbonyl (C=O) groups is 1. The number of nitrogens with zero attached hydrogens (tertiary/aromatic N) is 2. The van der Waals surface area contributed by atoms with Crippen LogP contribution in [0.4, 0.5) is 5.82 Å². The predicted octanol–water partition coefficient (Wildman–Crippen LogP) is 2.42. The van der Waals surface area contributed by atoms with Crippen LogP contribution < -0.4 is 5.32 Å². The number of amides is 1. The Morgan fingerprint density at radius 3 is 3.00 bits per heavy atom. The Balaban J connectivity index is 2.23. The van der Waals surface area contributed by atoms with Gasteiger partial charge in [0.25, 0.3) is 5.91 Å². The Morgan fingerprint density at radius 1 is 1.60 bits per heavy atom. The number of piperidine rings is 1. The van der Waals surface area contributed by atoms with Crippen LogP contribution in [0, 0.1) is 0 Å². The molecule has 0 spiro atoms. The Bertz CT molecular complexity index is 509. The number of hydrogen-bond acceptors (Lipinski definition) is 4. The molecule has 2 heterocycles. The van der Waals surface area contributed by atoms with E-state index in [1.807, 2.05) is 6.92 Å². The smallest absolute Gasteiger partial charge is 0.255 e. The Kier molecular flexibility index (Phi) is 4.50. The first-order chi connectivity index (χ1) is 9.49. The molecular weight excluding hydrogens is 278 g/mol. The third-order valence-electron chi connectivity index (χ3n) is 3.78. The fourth-order valence-corrected chi connectivity index (χ4v) is 2.64. The van der Waals surface area contributed by atoms with Crippen LogP contribution in [-0.2, 0) is 4.74 Å². The fourth-order valence-electron chi connectivity index (χ4n) is 2.46. The zero-order chi connectivity index (χ0) is 14.8. The molecule has 20 heavy (non-hydrogen) atoms. The number of halogens is 1. The van der Waals surface area contributed by atoms with Gasteiger partial charge >= 0.3 is 0 Å². The van der Waals surface area contributed by atoms with Crippen molar-refractivity contribution in [2.24, 2.45) is 0 Å². The standard InChI is InChI=1S/C14H20ClN3O2/c1-14(20-3)5-4-6-18(9-14)13(19)10-7-12(16-2)17-8-11(10)15/h7-8H,4-6,9H2,1-3H3,(H,16,17). The number of pyridine rings is 1. The zero-order valence-electron chi connectivity index (χ0n) is 12.1. The molecule has 6 heteroatoms. The summed E-state index contributed by atoms with van der Waals surface area (Å²) in [6.45, 7) is 3.33. The van der Waals surface area contributed by atoms with Crippen LogP contribution >= 0.6 is 11.6 Å². The Hall–Kier alpha value is -1.33. The number of aromatic nitrogens is 1. The number of methoxy groups -OCH3 is 1. The minimum absolute atomic E-state index is 0.0723. The molecule has 1 atom stereocenters. The van der Waals surface area contributed by atoms with Crippen LogP contribution in [-0.4, -0.2) is 48.6 Å². The van der Waals surface area contributed by atoms with E-state index < -0.39 is 0 Å². The van der Waals surface area contributed by atoms with Crippen molar-refractivity contribution in [2.75, 3.05) is 32.6 Å². The minimum atomic E-state index is -0.279. The quantitative estimate of drug-likeness (QED) is 0.931. The van der Waals surface area contributed by atoms with E-state index in [1.54, 1.807) is 25.1 Å². The highest BCUT2D eigenvalue weighted by Crippen LogP contribution is 2.27. The van der Waals surface area contributed by atoms with E-state index in [-0.39, 0.29) is 11.5 Å². The maximum Gasteiger partial charge on any atom is 0.255 e. The van der Waals surface area contributed by atoms with E-state index >= 15 is 0 Å². The largest absolute Gasteiger partial charge is 0.377 e. The molecule has 1 aliphatic rings. The molecule has 1 fully saturated rings. The van der Waals surface area contributed by atoms with Crippen molar-refractivity contribution < 1.29 is 9.53 Å². The molecule has 1 aliphatic heterocycles. The van der Waals surface area contributed by atoms with E-state index in [4.69, 9.17) is 16.3 Å². The third kappa shape index (κ3) is 3.04. The van der Waals surface area contributed by atoms with Gasteiger partial charge in [0.1, 0.15) is 5.82 Å². The van der Waals surface area contributed by atoms with Crippen LogP contribution in [0.1, 0.15) is 30.1 Å². The van der Waals surface area contributed by atoms with Gasteiger partial charge in [0, 0.05) is 33.4 Å². The number of anilines is 1. The van der Waals surface area contributed by atoms with Gasteiger partial charge in [-0.3, -0.25) is 4.79 Å². The molecule has 1 amide bonds. The molecule has 0 saturated carbocycles. The molecule has 1 aromatic heterocycles. The average Bonchev–Trinajstić information content (AvgIpc) is 2.47. The van der Waals surface area contributed by atoms with Crippen LogP contribution in [0.5, 0.6) is 0 Å². The van der Waals surface area contributed by atoms with Gasteiger partial charge in [-0.15, -0.1) is 0 Å². The number of rotatable bonds is 3. The monoisotopic (exact) mass is 297 g/mol. The summed E-state index contributed by atoms with van der Waals surface area (Å²) in [5.74, 6) is 0.557. The van der Waals surface area contributed by atoms with Crippen molar-refractivity contribution in [3.05, 3.63) is 22.8 Å². The summed E-state index contributed by atoms with van der Waals surface area (Å²) in [5.41, 5.74) is 0.200. The van der Waals surface area contributed by atoms with Crippen LogP contribution in [0.2, 0.25) is 5.02 Å².